The van der Waals surface area contributed by atoms with Gasteiger partial charge in [0.1, 0.15) is 0 Å². The van der Waals surface area contributed by atoms with E-state index >= 15 is 0 Å². The number of hydrogen-bond acceptors (Lipinski definition) is 4. The number of anilines is 2. The number of likely N-dealkylation sites (N-methyl/N-ethyl adjacent to an activating group) is 1. The molecule has 0 spiro atoms. The molecule has 5 nitrogen and oxygen atoms in total. The molecule has 2 aromatic rings. The van der Waals surface area contributed by atoms with Crippen LogP contribution in [-0.4, -0.2) is 62.0 Å². The third-order valence-electron chi connectivity index (χ3n) is 7.80. The van der Waals surface area contributed by atoms with Crippen molar-refractivity contribution in [1.29, 1.82) is 0 Å². The highest BCUT2D eigenvalue weighted by atomic mass is 16.2. The standard InChI is InChI=1S/C28H36N4O/c1-4-31(5-2)21-14-12-20(13-15-21)26-23-9-6-8-22(23)24-10-7-11-25(27(24)29-26)28(33)32-18-16-30(3)17-19-32/h6-8,10-15,22-23,26,29H,4-5,9,16-19H2,1-3H3. The highest BCUT2D eigenvalue weighted by Gasteiger charge is 2.39. The van der Waals surface area contributed by atoms with Gasteiger partial charge in [-0.2, -0.15) is 0 Å². The number of nitrogens with one attached hydrogen (secondary N) is 1. The van der Waals surface area contributed by atoms with Gasteiger partial charge < -0.3 is 20.0 Å². The van der Waals surface area contributed by atoms with Crippen LogP contribution in [0.2, 0.25) is 0 Å². The van der Waals surface area contributed by atoms with Crippen molar-refractivity contribution in [3.8, 4) is 0 Å². The first kappa shape index (κ1) is 22.0. The molecule has 2 aromatic carbocycles. The minimum atomic E-state index is 0.156. The summed E-state index contributed by atoms with van der Waals surface area (Å²) >= 11 is 0. The predicted molar refractivity (Wildman–Crippen MR) is 136 cm³/mol. The fourth-order valence-electron chi connectivity index (χ4n) is 5.79. The van der Waals surface area contributed by atoms with Crippen molar-refractivity contribution in [2.24, 2.45) is 5.92 Å². The molecule has 1 aliphatic carbocycles. The molecule has 2 aliphatic heterocycles. The van der Waals surface area contributed by atoms with Gasteiger partial charge in [0, 0.05) is 50.9 Å². The number of amides is 1. The van der Waals surface area contributed by atoms with Crippen LogP contribution in [0.15, 0.2) is 54.6 Å². The van der Waals surface area contributed by atoms with Crippen LogP contribution in [0.1, 0.15) is 53.7 Å². The van der Waals surface area contributed by atoms with Gasteiger partial charge in [-0.1, -0.05) is 36.4 Å². The van der Waals surface area contributed by atoms with Gasteiger partial charge in [0.2, 0.25) is 0 Å². The molecular formula is C28H36N4O. The molecule has 0 saturated carbocycles. The number of nitrogens with zero attached hydrogens (tertiary/aromatic N) is 3. The summed E-state index contributed by atoms with van der Waals surface area (Å²) in [7, 11) is 2.12. The molecule has 3 aliphatic rings. The lowest BCUT2D eigenvalue weighted by Gasteiger charge is -2.39. The summed E-state index contributed by atoms with van der Waals surface area (Å²) in [5.41, 5.74) is 5.70. The number of rotatable bonds is 5. The summed E-state index contributed by atoms with van der Waals surface area (Å²) in [6.07, 6.45) is 5.74. The quantitative estimate of drug-likeness (QED) is 0.676. The van der Waals surface area contributed by atoms with E-state index in [4.69, 9.17) is 0 Å². The smallest absolute Gasteiger partial charge is 0.256 e. The van der Waals surface area contributed by atoms with E-state index in [1.807, 2.05) is 11.0 Å². The molecule has 1 amide bonds. The van der Waals surface area contributed by atoms with Gasteiger partial charge in [-0.3, -0.25) is 4.79 Å². The Balaban J connectivity index is 1.47. The fraction of sp³-hybridized carbons (Fsp3) is 0.464. The van der Waals surface area contributed by atoms with E-state index in [-0.39, 0.29) is 11.9 Å². The number of piperazine rings is 1. The lowest BCUT2D eigenvalue weighted by atomic mass is 9.76. The van der Waals surface area contributed by atoms with Crippen molar-refractivity contribution >= 4 is 17.3 Å². The predicted octanol–water partition coefficient (Wildman–Crippen LogP) is 4.75. The summed E-state index contributed by atoms with van der Waals surface area (Å²) in [6, 6.07) is 15.5. The lowest BCUT2D eigenvalue weighted by molar-refractivity contribution is 0.0664. The third kappa shape index (κ3) is 4.04. The van der Waals surface area contributed by atoms with Crippen molar-refractivity contribution in [2.45, 2.75) is 32.2 Å². The Kier molecular flexibility index (Phi) is 6.15. The van der Waals surface area contributed by atoms with Gasteiger partial charge in [0.15, 0.2) is 0 Å². The number of fused-ring (bicyclic) bond motifs is 3. The highest BCUT2D eigenvalue weighted by Crippen LogP contribution is 2.50. The Morgan fingerprint density at radius 3 is 2.45 bits per heavy atom. The van der Waals surface area contributed by atoms with E-state index in [0.29, 0.717) is 11.8 Å². The zero-order chi connectivity index (χ0) is 22.9. The third-order valence-corrected chi connectivity index (χ3v) is 7.80. The maximum atomic E-state index is 13.5. The summed E-state index contributed by atoms with van der Waals surface area (Å²) in [5, 5.41) is 3.85. The first-order valence-electron chi connectivity index (χ1n) is 12.5. The monoisotopic (exact) mass is 444 g/mol. The zero-order valence-electron chi connectivity index (χ0n) is 20.1. The van der Waals surface area contributed by atoms with E-state index in [9.17, 15) is 4.79 Å². The molecule has 33 heavy (non-hydrogen) atoms. The molecule has 1 saturated heterocycles. The maximum absolute atomic E-state index is 13.5. The van der Waals surface area contributed by atoms with Gasteiger partial charge in [0.05, 0.1) is 17.3 Å². The molecule has 5 rings (SSSR count). The van der Waals surface area contributed by atoms with Gasteiger partial charge in [0.25, 0.3) is 5.91 Å². The maximum Gasteiger partial charge on any atom is 0.256 e. The summed E-state index contributed by atoms with van der Waals surface area (Å²) in [4.78, 5) is 20.2. The van der Waals surface area contributed by atoms with Crippen LogP contribution in [0.5, 0.6) is 0 Å². The largest absolute Gasteiger partial charge is 0.377 e. The molecular weight excluding hydrogens is 408 g/mol. The van der Waals surface area contributed by atoms with Crippen LogP contribution in [-0.2, 0) is 0 Å². The molecule has 5 heteroatoms. The lowest BCUT2D eigenvalue weighted by Crippen LogP contribution is -2.47. The van der Waals surface area contributed by atoms with Crippen LogP contribution in [0, 0.1) is 5.92 Å². The zero-order valence-corrected chi connectivity index (χ0v) is 20.1. The van der Waals surface area contributed by atoms with Crippen LogP contribution in [0.4, 0.5) is 11.4 Å². The summed E-state index contributed by atoms with van der Waals surface area (Å²) in [5.74, 6) is 0.989. The van der Waals surface area contributed by atoms with Crippen LogP contribution in [0.25, 0.3) is 0 Å². The van der Waals surface area contributed by atoms with Gasteiger partial charge in [-0.15, -0.1) is 0 Å². The Morgan fingerprint density at radius 1 is 1.03 bits per heavy atom. The fourth-order valence-corrected chi connectivity index (χ4v) is 5.79. The number of para-hydroxylation sites is 1. The van der Waals surface area contributed by atoms with Gasteiger partial charge in [-0.05, 0) is 62.6 Å². The van der Waals surface area contributed by atoms with E-state index in [0.717, 1.165) is 56.9 Å². The second kappa shape index (κ2) is 9.22. The average Bonchev–Trinajstić information content (AvgIpc) is 3.35. The molecule has 0 radical (unpaired) electrons. The van der Waals surface area contributed by atoms with Crippen molar-refractivity contribution < 1.29 is 4.79 Å². The van der Waals surface area contributed by atoms with Crippen molar-refractivity contribution in [2.75, 3.05) is 56.5 Å². The number of hydrogen-bond donors (Lipinski definition) is 1. The number of allylic oxidation sites excluding steroid dienone is 2. The van der Waals surface area contributed by atoms with Gasteiger partial charge >= 0.3 is 0 Å². The second-order valence-electron chi connectivity index (χ2n) is 9.60. The normalized spacial score (nSPS) is 24.2. The molecule has 1 fully saturated rings. The summed E-state index contributed by atoms with van der Waals surface area (Å²) < 4.78 is 0. The van der Waals surface area contributed by atoms with Gasteiger partial charge in [-0.25, -0.2) is 0 Å². The number of benzene rings is 2. The first-order chi connectivity index (χ1) is 16.1. The minimum Gasteiger partial charge on any atom is -0.377 e. The topological polar surface area (TPSA) is 38.8 Å². The van der Waals surface area contributed by atoms with E-state index in [1.165, 1.54) is 16.8 Å². The summed E-state index contributed by atoms with van der Waals surface area (Å²) in [6.45, 7) is 9.87. The number of carbonyl (C=O) groups excluding carboxylic acids is 1. The van der Waals surface area contributed by atoms with E-state index in [1.54, 1.807) is 0 Å². The first-order valence-corrected chi connectivity index (χ1v) is 12.5. The average molecular weight is 445 g/mol. The molecule has 3 atom stereocenters. The van der Waals surface area contributed by atoms with Crippen LogP contribution >= 0.6 is 0 Å². The molecule has 2 heterocycles. The minimum absolute atomic E-state index is 0.156. The molecule has 174 valence electrons. The Morgan fingerprint density at radius 2 is 1.76 bits per heavy atom. The van der Waals surface area contributed by atoms with E-state index < -0.39 is 0 Å². The molecule has 0 aromatic heterocycles. The number of carbonyl (C=O) groups is 1. The Labute approximate surface area is 198 Å². The van der Waals surface area contributed by atoms with Crippen molar-refractivity contribution in [1.82, 2.24) is 9.80 Å². The molecule has 1 N–H and O–H groups in total. The van der Waals surface area contributed by atoms with Crippen LogP contribution in [0.3, 0.4) is 0 Å². The molecule has 3 unspecified atom stereocenters. The molecule has 0 bridgehead atoms. The Hall–Kier alpha value is -2.79. The second-order valence-corrected chi connectivity index (χ2v) is 9.60. The van der Waals surface area contributed by atoms with E-state index in [2.05, 4.69) is 84.6 Å². The Bertz CT molecular complexity index is 1020. The van der Waals surface area contributed by atoms with Crippen molar-refractivity contribution in [3.63, 3.8) is 0 Å². The van der Waals surface area contributed by atoms with Crippen LogP contribution < -0.4 is 10.2 Å². The van der Waals surface area contributed by atoms with Crippen molar-refractivity contribution in [3.05, 3.63) is 71.3 Å². The SMILES string of the molecule is CCN(CC)c1ccc(C2Nc3c(C(=O)N4CCN(C)CC4)cccc3C3C=CCC32)cc1. The highest BCUT2D eigenvalue weighted by molar-refractivity contribution is 6.01.